The first-order valence-electron chi connectivity index (χ1n) is 5.13. The average molecular weight is 391 g/mol. The number of aromatic nitrogens is 1. The Morgan fingerprint density at radius 2 is 2.17 bits per heavy atom. The third-order valence-corrected chi connectivity index (χ3v) is 4.82. The smallest absolute Gasteiger partial charge is 0.253 e. The van der Waals surface area contributed by atoms with E-state index < -0.39 is 0 Å². The van der Waals surface area contributed by atoms with E-state index >= 15 is 0 Å². The Morgan fingerprint density at radius 3 is 2.78 bits per heavy atom. The molecule has 0 saturated carbocycles. The zero-order chi connectivity index (χ0) is 13.3. The van der Waals surface area contributed by atoms with Crippen molar-refractivity contribution in [3.8, 4) is 0 Å². The molecule has 0 aliphatic carbocycles. The molecule has 94 valence electrons. The molecule has 6 heteroatoms. The molecule has 0 amide bonds. The maximum absolute atomic E-state index is 12.1. The van der Waals surface area contributed by atoms with Crippen molar-refractivity contribution in [1.82, 2.24) is 4.57 Å². The van der Waals surface area contributed by atoms with Crippen LogP contribution < -0.4 is 5.56 Å². The molecule has 0 atom stereocenters. The lowest BCUT2D eigenvalue weighted by atomic mass is 10.2. The Hall–Kier alpha value is -0.720. The van der Waals surface area contributed by atoms with Gasteiger partial charge in [0.05, 0.1) is 14.1 Å². The number of hydrogen-bond acceptors (Lipinski definition) is 3. The molecule has 0 radical (unpaired) electrons. The highest BCUT2D eigenvalue weighted by atomic mass is 79.9. The molecule has 2 aromatic rings. The third kappa shape index (κ3) is 2.81. The minimum Gasteiger partial charge on any atom is -0.308 e. The van der Waals surface area contributed by atoms with Gasteiger partial charge in [0, 0.05) is 17.3 Å². The van der Waals surface area contributed by atoms with E-state index in [0.717, 1.165) is 7.57 Å². The zero-order valence-corrected chi connectivity index (χ0v) is 13.4. The van der Waals surface area contributed by atoms with E-state index in [1.165, 1.54) is 15.9 Å². The van der Waals surface area contributed by atoms with Crippen LogP contribution >= 0.6 is 43.2 Å². The minimum atomic E-state index is -0.128. The average Bonchev–Trinajstić information content (AvgIpc) is 2.64. The molecule has 0 aliphatic heterocycles. The summed E-state index contributed by atoms with van der Waals surface area (Å²) in [6.45, 7) is 1.79. The number of carbonyl (C=O) groups excluding carboxylic acids is 1. The Labute approximate surface area is 125 Å². The van der Waals surface area contributed by atoms with Crippen LogP contribution in [-0.4, -0.2) is 10.4 Å². The van der Waals surface area contributed by atoms with Crippen LogP contribution in [0, 0.1) is 6.92 Å². The summed E-state index contributed by atoms with van der Waals surface area (Å²) in [5.74, 6) is -0.0866. The first-order chi connectivity index (χ1) is 8.49. The van der Waals surface area contributed by atoms with Gasteiger partial charge in [-0.1, -0.05) is 6.07 Å². The van der Waals surface area contributed by atoms with Gasteiger partial charge in [-0.15, -0.1) is 11.3 Å². The van der Waals surface area contributed by atoms with Crippen LogP contribution in [-0.2, 0) is 6.54 Å². The van der Waals surface area contributed by atoms with Crippen molar-refractivity contribution in [2.45, 2.75) is 13.5 Å². The molecule has 0 N–H and O–H groups in total. The van der Waals surface area contributed by atoms with E-state index in [1.807, 2.05) is 0 Å². The van der Waals surface area contributed by atoms with Crippen molar-refractivity contribution in [3.05, 3.63) is 53.4 Å². The highest BCUT2D eigenvalue weighted by molar-refractivity contribution is 9.12. The predicted octanol–water partition coefficient (Wildman–Crippen LogP) is 3.63. The molecular formula is C12H9Br2NO2S. The SMILES string of the molecule is Cc1cccn(CC(=O)c2cc(Br)sc2Br)c1=O. The van der Waals surface area contributed by atoms with Gasteiger partial charge in [-0.25, -0.2) is 0 Å². The summed E-state index contributed by atoms with van der Waals surface area (Å²) in [4.78, 5) is 23.9. The molecule has 2 heterocycles. The monoisotopic (exact) mass is 389 g/mol. The van der Waals surface area contributed by atoms with Crippen LogP contribution in [0.5, 0.6) is 0 Å². The number of pyridine rings is 1. The van der Waals surface area contributed by atoms with Gasteiger partial charge < -0.3 is 4.57 Å². The number of Topliss-reactive ketones (excluding diaryl/α,β-unsaturated/α-hetero) is 1. The minimum absolute atomic E-state index is 0.0578. The van der Waals surface area contributed by atoms with Crippen molar-refractivity contribution in [2.24, 2.45) is 0 Å². The number of carbonyl (C=O) groups is 1. The Balaban J connectivity index is 2.30. The highest BCUT2D eigenvalue weighted by Crippen LogP contribution is 2.32. The molecule has 0 unspecified atom stereocenters. The predicted molar refractivity (Wildman–Crippen MR) is 79.5 cm³/mol. The van der Waals surface area contributed by atoms with Gasteiger partial charge in [0.25, 0.3) is 5.56 Å². The second-order valence-electron chi connectivity index (χ2n) is 3.79. The first kappa shape index (κ1) is 13.7. The van der Waals surface area contributed by atoms with Crippen LogP contribution in [0.4, 0.5) is 0 Å². The number of halogens is 2. The molecule has 0 spiro atoms. The Bertz CT molecular complexity index is 660. The number of aryl methyl sites for hydroxylation is 1. The van der Waals surface area contributed by atoms with E-state index in [1.54, 1.807) is 31.3 Å². The molecule has 3 nitrogen and oxygen atoms in total. The van der Waals surface area contributed by atoms with Gasteiger partial charge in [-0.05, 0) is 50.9 Å². The lowest BCUT2D eigenvalue weighted by Gasteiger charge is -2.05. The van der Waals surface area contributed by atoms with Crippen LogP contribution in [0.2, 0.25) is 0 Å². The van der Waals surface area contributed by atoms with E-state index in [2.05, 4.69) is 31.9 Å². The summed E-state index contributed by atoms with van der Waals surface area (Å²) < 4.78 is 3.09. The van der Waals surface area contributed by atoms with Gasteiger partial charge in [-0.3, -0.25) is 9.59 Å². The van der Waals surface area contributed by atoms with Crippen LogP contribution in [0.15, 0.2) is 36.8 Å². The van der Waals surface area contributed by atoms with Crippen molar-refractivity contribution < 1.29 is 4.79 Å². The summed E-state index contributed by atoms with van der Waals surface area (Å²) in [5.41, 5.74) is 1.10. The maximum Gasteiger partial charge on any atom is 0.253 e. The fourth-order valence-electron chi connectivity index (χ4n) is 1.55. The lowest BCUT2D eigenvalue weighted by molar-refractivity contribution is 0.0970. The van der Waals surface area contributed by atoms with E-state index in [9.17, 15) is 9.59 Å². The Kier molecular flexibility index (Phi) is 4.19. The van der Waals surface area contributed by atoms with Gasteiger partial charge in [0.1, 0.15) is 0 Å². The van der Waals surface area contributed by atoms with Crippen LogP contribution in [0.25, 0.3) is 0 Å². The maximum atomic E-state index is 12.1. The van der Waals surface area contributed by atoms with Gasteiger partial charge >= 0.3 is 0 Å². The number of ketones is 1. The van der Waals surface area contributed by atoms with Crippen LogP contribution in [0.3, 0.4) is 0 Å². The standard InChI is InChI=1S/C12H9Br2NO2S/c1-7-3-2-4-15(12(7)17)6-9(16)8-5-10(13)18-11(8)14/h2-5H,6H2,1H3. The number of rotatable bonds is 3. The fourth-order valence-corrected chi connectivity index (χ4v) is 4.41. The Morgan fingerprint density at radius 1 is 1.44 bits per heavy atom. The lowest BCUT2D eigenvalue weighted by Crippen LogP contribution is -2.25. The largest absolute Gasteiger partial charge is 0.308 e. The quantitative estimate of drug-likeness (QED) is 0.750. The molecule has 2 rings (SSSR count). The third-order valence-electron chi connectivity index (χ3n) is 2.48. The van der Waals surface area contributed by atoms with Gasteiger partial charge in [0.15, 0.2) is 5.78 Å². The second kappa shape index (κ2) is 5.50. The molecular weight excluding hydrogens is 382 g/mol. The van der Waals surface area contributed by atoms with Crippen molar-refractivity contribution >= 4 is 49.0 Å². The van der Waals surface area contributed by atoms with Gasteiger partial charge in [-0.2, -0.15) is 0 Å². The summed E-state index contributed by atoms with van der Waals surface area (Å²) in [5, 5.41) is 0. The molecule has 0 bridgehead atoms. The number of thiophene rings is 1. The van der Waals surface area contributed by atoms with Crippen LogP contribution in [0.1, 0.15) is 15.9 Å². The second-order valence-corrected chi connectivity index (χ2v) is 7.53. The van der Waals surface area contributed by atoms with Crippen molar-refractivity contribution in [1.29, 1.82) is 0 Å². The summed E-state index contributed by atoms with van der Waals surface area (Å²) in [6, 6.07) is 5.26. The normalized spacial score (nSPS) is 10.6. The summed E-state index contributed by atoms with van der Waals surface area (Å²) >= 11 is 8.12. The molecule has 0 aliphatic rings. The first-order valence-corrected chi connectivity index (χ1v) is 7.53. The van der Waals surface area contributed by atoms with E-state index in [-0.39, 0.29) is 17.9 Å². The van der Waals surface area contributed by atoms with E-state index in [4.69, 9.17) is 0 Å². The molecule has 0 fully saturated rings. The molecule has 0 saturated heterocycles. The summed E-state index contributed by atoms with van der Waals surface area (Å²) in [7, 11) is 0. The molecule has 2 aromatic heterocycles. The van der Waals surface area contributed by atoms with Crippen molar-refractivity contribution in [3.63, 3.8) is 0 Å². The van der Waals surface area contributed by atoms with E-state index in [0.29, 0.717) is 11.1 Å². The highest BCUT2D eigenvalue weighted by Gasteiger charge is 2.14. The topological polar surface area (TPSA) is 39.1 Å². The summed E-state index contributed by atoms with van der Waals surface area (Å²) in [6.07, 6.45) is 1.63. The zero-order valence-electron chi connectivity index (χ0n) is 9.44. The fraction of sp³-hybridized carbons (Fsp3) is 0.167. The van der Waals surface area contributed by atoms with Gasteiger partial charge in [0.2, 0.25) is 0 Å². The molecule has 0 aromatic carbocycles. The number of hydrogen-bond donors (Lipinski definition) is 0. The van der Waals surface area contributed by atoms with Crippen molar-refractivity contribution in [2.75, 3.05) is 0 Å². The number of nitrogens with zero attached hydrogens (tertiary/aromatic N) is 1. The molecule has 18 heavy (non-hydrogen) atoms.